The topological polar surface area (TPSA) is 50.4 Å². The number of carbonyl (C=O) groups is 1. The van der Waals surface area contributed by atoms with Crippen molar-refractivity contribution in [3.63, 3.8) is 0 Å². The predicted octanol–water partition coefficient (Wildman–Crippen LogP) is 1.73. The number of benzene rings is 1. The van der Waals surface area contributed by atoms with E-state index >= 15 is 0 Å². The third-order valence-corrected chi connectivity index (χ3v) is 2.17. The number of anilines is 1. The molecule has 0 radical (unpaired) electrons. The Balaban J connectivity index is 0.00000289. The van der Waals surface area contributed by atoms with E-state index in [0.717, 1.165) is 5.56 Å². The maximum absolute atomic E-state index is 13.4. The van der Waals surface area contributed by atoms with Gasteiger partial charge in [-0.3, -0.25) is 4.79 Å². The van der Waals surface area contributed by atoms with Crippen molar-refractivity contribution < 1.29 is 13.9 Å². The minimum absolute atomic E-state index is 0. The van der Waals surface area contributed by atoms with Gasteiger partial charge in [0.05, 0.1) is 18.8 Å². The van der Waals surface area contributed by atoms with Crippen molar-refractivity contribution in [2.45, 2.75) is 6.92 Å². The van der Waals surface area contributed by atoms with Crippen LogP contribution < -0.4 is 10.6 Å². The van der Waals surface area contributed by atoms with Crippen LogP contribution in [0.25, 0.3) is 0 Å². The molecule has 0 aromatic heterocycles. The van der Waals surface area contributed by atoms with Crippen molar-refractivity contribution in [2.24, 2.45) is 0 Å². The van der Waals surface area contributed by atoms with Crippen LogP contribution in [0.2, 0.25) is 0 Å². The zero-order chi connectivity index (χ0) is 12.7. The van der Waals surface area contributed by atoms with Crippen molar-refractivity contribution in [3.05, 3.63) is 29.6 Å². The Morgan fingerprint density at radius 1 is 1.44 bits per heavy atom. The third kappa shape index (κ3) is 5.95. The molecule has 102 valence electrons. The molecule has 2 N–H and O–H groups in total. The summed E-state index contributed by atoms with van der Waals surface area (Å²) in [5.41, 5.74) is 1.02. The van der Waals surface area contributed by atoms with Crippen LogP contribution in [0.3, 0.4) is 0 Å². The van der Waals surface area contributed by atoms with Crippen LogP contribution in [0.4, 0.5) is 10.1 Å². The number of hydrogen-bond acceptors (Lipinski definition) is 3. The van der Waals surface area contributed by atoms with Gasteiger partial charge < -0.3 is 15.4 Å². The summed E-state index contributed by atoms with van der Waals surface area (Å²) in [5.74, 6) is -0.695. The minimum atomic E-state index is -0.421. The first-order valence-corrected chi connectivity index (χ1v) is 5.39. The van der Waals surface area contributed by atoms with E-state index in [0.29, 0.717) is 13.2 Å². The highest BCUT2D eigenvalue weighted by Crippen LogP contribution is 2.14. The van der Waals surface area contributed by atoms with E-state index in [1.165, 1.54) is 6.07 Å². The predicted molar refractivity (Wildman–Crippen MR) is 71.8 cm³/mol. The minimum Gasteiger partial charge on any atom is -0.383 e. The molecule has 0 spiro atoms. The van der Waals surface area contributed by atoms with Gasteiger partial charge in [-0.1, -0.05) is 6.07 Å². The van der Waals surface area contributed by atoms with E-state index in [1.807, 2.05) is 0 Å². The summed E-state index contributed by atoms with van der Waals surface area (Å²) in [6, 6.07) is 4.68. The second-order valence-corrected chi connectivity index (χ2v) is 3.70. The number of halogens is 2. The summed E-state index contributed by atoms with van der Waals surface area (Å²) >= 11 is 0. The van der Waals surface area contributed by atoms with Crippen LogP contribution in [0, 0.1) is 12.7 Å². The largest absolute Gasteiger partial charge is 0.383 e. The second kappa shape index (κ2) is 8.85. The van der Waals surface area contributed by atoms with Crippen LogP contribution in [-0.4, -0.2) is 32.7 Å². The number of carbonyl (C=O) groups excluding carboxylic acids is 1. The molecule has 1 aromatic carbocycles. The molecule has 0 aliphatic carbocycles. The molecule has 0 saturated heterocycles. The molecule has 0 saturated carbocycles. The summed E-state index contributed by atoms with van der Waals surface area (Å²) in [6.07, 6.45) is 0. The Labute approximate surface area is 112 Å². The molecule has 4 nitrogen and oxygen atoms in total. The second-order valence-electron chi connectivity index (χ2n) is 3.70. The van der Waals surface area contributed by atoms with Crippen LogP contribution in [0.15, 0.2) is 18.2 Å². The van der Waals surface area contributed by atoms with E-state index in [9.17, 15) is 9.18 Å². The fraction of sp³-hybridized carbons (Fsp3) is 0.417. The summed E-state index contributed by atoms with van der Waals surface area (Å²) in [4.78, 5) is 11.4. The first kappa shape index (κ1) is 16.8. The average molecular weight is 277 g/mol. The van der Waals surface area contributed by atoms with Gasteiger partial charge in [0.2, 0.25) is 5.91 Å². The quantitative estimate of drug-likeness (QED) is 0.778. The maximum Gasteiger partial charge on any atom is 0.238 e. The molecule has 0 atom stereocenters. The van der Waals surface area contributed by atoms with E-state index in [4.69, 9.17) is 4.74 Å². The monoisotopic (exact) mass is 276 g/mol. The highest BCUT2D eigenvalue weighted by Gasteiger charge is 2.06. The molecule has 6 heteroatoms. The van der Waals surface area contributed by atoms with E-state index < -0.39 is 5.82 Å². The van der Waals surface area contributed by atoms with Gasteiger partial charge in [-0.25, -0.2) is 4.39 Å². The summed E-state index contributed by atoms with van der Waals surface area (Å²) in [6.45, 7) is 3.05. The van der Waals surface area contributed by atoms with Gasteiger partial charge in [0.1, 0.15) is 5.82 Å². The number of aryl methyl sites for hydroxylation is 1. The zero-order valence-corrected chi connectivity index (χ0v) is 11.3. The number of amides is 1. The first-order valence-electron chi connectivity index (χ1n) is 5.39. The molecule has 0 aliphatic rings. The Kier molecular flexibility index (Phi) is 8.28. The molecular formula is C12H18ClFN2O2. The van der Waals surface area contributed by atoms with E-state index in [1.54, 1.807) is 26.2 Å². The Morgan fingerprint density at radius 3 is 2.78 bits per heavy atom. The molecule has 1 rings (SSSR count). The molecule has 0 fully saturated rings. The standard InChI is InChI=1S/C12H17FN2O2.ClH/c1-9-3-4-11(10(13)7-9)15-12(16)8-14-5-6-17-2;/h3-4,7,14H,5-6,8H2,1-2H3,(H,15,16);1H. The van der Waals surface area contributed by atoms with Crippen molar-refractivity contribution in [2.75, 3.05) is 32.1 Å². The van der Waals surface area contributed by atoms with Crippen molar-refractivity contribution in [1.29, 1.82) is 0 Å². The lowest BCUT2D eigenvalue weighted by Crippen LogP contribution is -2.30. The summed E-state index contributed by atoms with van der Waals surface area (Å²) < 4.78 is 18.2. The molecule has 1 amide bonds. The molecule has 1 aromatic rings. The molecule has 0 aliphatic heterocycles. The fourth-order valence-corrected chi connectivity index (χ4v) is 1.29. The molecular weight excluding hydrogens is 259 g/mol. The fourth-order valence-electron chi connectivity index (χ4n) is 1.29. The van der Waals surface area contributed by atoms with Crippen molar-refractivity contribution in [3.8, 4) is 0 Å². The molecule has 0 bridgehead atoms. The first-order chi connectivity index (χ1) is 8.13. The van der Waals surface area contributed by atoms with Gasteiger partial charge in [0.15, 0.2) is 0 Å². The Morgan fingerprint density at radius 2 is 2.17 bits per heavy atom. The zero-order valence-electron chi connectivity index (χ0n) is 10.5. The van der Waals surface area contributed by atoms with Gasteiger partial charge in [-0.2, -0.15) is 0 Å². The average Bonchev–Trinajstić information content (AvgIpc) is 2.28. The molecule has 0 heterocycles. The Bertz CT molecular complexity index is 388. The number of nitrogens with one attached hydrogen (secondary N) is 2. The number of ether oxygens (including phenoxy) is 1. The van der Waals surface area contributed by atoms with Crippen LogP contribution in [0.1, 0.15) is 5.56 Å². The lowest BCUT2D eigenvalue weighted by Gasteiger charge is -2.07. The Hall–Kier alpha value is -1.17. The van der Waals surface area contributed by atoms with Gasteiger partial charge >= 0.3 is 0 Å². The van der Waals surface area contributed by atoms with Gasteiger partial charge in [-0.15, -0.1) is 12.4 Å². The number of hydrogen-bond donors (Lipinski definition) is 2. The third-order valence-electron chi connectivity index (χ3n) is 2.17. The van der Waals surface area contributed by atoms with E-state index in [2.05, 4.69) is 10.6 Å². The number of rotatable bonds is 6. The van der Waals surface area contributed by atoms with Crippen LogP contribution in [-0.2, 0) is 9.53 Å². The smallest absolute Gasteiger partial charge is 0.238 e. The number of methoxy groups -OCH3 is 1. The maximum atomic E-state index is 13.4. The lowest BCUT2D eigenvalue weighted by atomic mass is 10.2. The summed E-state index contributed by atoms with van der Waals surface area (Å²) in [5, 5.41) is 5.37. The van der Waals surface area contributed by atoms with Crippen molar-refractivity contribution >= 4 is 24.0 Å². The van der Waals surface area contributed by atoms with Gasteiger partial charge in [0.25, 0.3) is 0 Å². The highest BCUT2D eigenvalue weighted by molar-refractivity contribution is 5.92. The highest BCUT2D eigenvalue weighted by atomic mass is 35.5. The normalized spacial score (nSPS) is 9.72. The SMILES string of the molecule is COCCNCC(=O)Nc1ccc(C)cc1F.Cl. The van der Waals surface area contributed by atoms with Crippen LogP contribution >= 0.6 is 12.4 Å². The van der Waals surface area contributed by atoms with Crippen molar-refractivity contribution in [1.82, 2.24) is 5.32 Å². The van der Waals surface area contributed by atoms with Gasteiger partial charge in [0, 0.05) is 13.7 Å². The van der Waals surface area contributed by atoms with Gasteiger partial charge in [-0.05, 0) is 24.6 Å². The lowest BCUT2D eigenvalue weighted by molar-refractivity contribution is -0.115. The molecule has 0 unspecified atom stereocenters. The van der Waals surface area contributed by atoms with E-state index in [-0.39, 0.29) is 30.5 Å². The van der Waals surface area contributed by atoms with Crippen LogP contribution in [0.5, 0.6) is 0 Å². The summed E-state index contributed by atoms with van der Waals surface area (Å²) in [7, 11) is 1.59. The molecule has 18 heavy (non-hydrogen) atoms.